The topological polar surface area (TPSA) is 78.9 Å². The predicted octanol–water partition coefficient (Wildman–Crippen LogP) is 4.25. The van der Waals surface area contributed by atoms with Crippen LogP contribution in [0.3, 0.4) is 0 Å². The Morgan fingerprint density at radius 3 is 2.78 bits per heavy atom. The summed E-state index contributed by atoms with van der Waals surface area (Å²) >= 11 is 0. The number of carbonyl (C=O) groups is 2. The highest BCUT2D eigenvalue weighted by atomic mass is 16.5. The summed E-state index contributed by atoms with van der Waals surface area (Å²) in [5.41, 5.74) is 0.593. The third kappa shape index (κ3) is 6.57. The molecule has 0 bridgehead atoms. The van der Waals surface area contributed by atoms with Crippen molar-refractivity contribution in [3.8, 4) is 5.75 Å². The van der Waals surface area contributed by atoms with Gasteiger partial charge in [-0.2, -0.15) is 0 Å². The molecule has 0 aromatic heterocycles. The van der Waals surface area contributed by atoms with Crippen molar-refractivity contribution in [2.75, 3.05) is 26.2 Å². The number of amides is 1. The van der Waals surface area contributed by atoms with Crippen molar-refractivity contribution in [2.24, 2.45) is 5.92 Å². The molecule has 1 aliphatic heterocycles. The first-order valence-electron chi connectivity index (χ1n) is 11.5. The number of fused-ring (bicyclic) bond motifs is 1. The fourth-order valence-corrected chi connectivity index (χ4v) is 4.03. The first-order valence-corrected chi connectivity index (χ1v) is 11.5. The molecule has 1 aliphatic rings. The molecule has 1 saturated heterocycles. The lowest BCUT2D eigenvalue weighted by atomic mass is 10.0. The van der Waals surface area contributed by atoms with Crippen LogP contribution in [-0.4, -0.2) is 54.2 Å². The van der Waals surface area contributed by atoms with Gasteiger partial charge in [0.15, 0.2) is 0 Å². The van der Waals surface area contributed by atoms with Crippen LogP contribution >= 0.6 is 0 Å². The third-order valence-electron chi connectivity index (χ3n) is 6.13. The number of rotatable bonds is 11. The number of ether oxygens (including phenoxy) is 1. The van der Waals surface area contributed by atoms with Crippen LogP contribution in [0, 0.1) is 5.92 Å². The number of likely N-dealkylation sites (N-methyl/N-ethyl adjacent to an activating group) is 1. The monoisotopic (exact) mass is 438 g/mol. The van der Waals surface area contributed by atoms with E-state index in [1.807, 2.05) is 48.5 Å². The predicted molar refractivity (Wildman–Crippen MR) is 127 cm³/mol. The fourth-order valence-electron chi connectivity index (χ4n) is 4.03. The highest BCUT2D eigenvalue weighted by Gasteiger charge is 2.24. The molecular formula is C26H34N2O4. The van der Waals surface area contributed by atoms with Gasteiger partial charge in [0.2, 0.25) is 0 Å². The SMILES string of the molecule is CCN1CCC(NC(=O)C(=CCCCC(C)C(=O)O)COc2cccc3ccccc23)C1. The Balaban J connectivity index is 1.67. The molecule has 0 aliphatic carbocycles. The van der Waals surface area contributed by atoms with E-state index in [1.165, 1.54) is 0 Å². The number of nitrogens with one attached hydrogen (secondary N) is 1. The van der Waals surface area contributed by atoms with E-state index < -0.39 is 5.97 Å². The number of allylic oxidation sites excluding steroid dienone is 1. The van der Waals surface area contributed by atoms with Crippen molar-refractivity contribution in [3.63, 3.8) is 0 Å². The van der Waals surface area contributed by atoms with Crippen LogP contribution in [0.2, 0.25) is 0 Å². The molecule has 6 heteroatoms. The van der Waals surface area contributed by atoms with E-state index in [4.69, 9.17) is 9.84 Å². The molecule has 0 saturated carbocycles. The minimum Gasteiger partial charge on any atom is -0.488 e. The summed E-state index contributed by atoms with van der Waals surface area (Å²) in [7, 11) is 0. The van der Waals surface area contributed by atoms with Gasteiger partial charge in [-0.3, -0.25) is 9.59 Å². The van der Waals surface area contributed by atoms with E-state index in [-0.39, 0.29) is 24.5 Å². The molecule has 3 rings (SSSR count). The molecule has 2 unspecified atom stereocenters. The van der Waals surface area contributed by atoms with Crippen LogP contribution in [-0.2, 0) is 9.59 Å². The largest absolute Gasteiger partial charge is 0.488 e. The summed E-state index contributed by atoms with van der Waals surface area (Å²) in [6, 6.07) is 14.1. The second-order valence-corrected chi connectivity index (χ2v) is 8.52. The Morgan fingerprint density at radius 1 is 1.25 bits per heavy atom. The molecule has 172 valence electrons. The van der Waals surface area contributed by atoms with Crippen LogP contribution < -0.4 is 10.1 Å². The minimum absolute atomic E-state index is 0.0977. The van der Waals surface area contributed by atoms with Gasteiger partial charge in [0.1, 0.15) is 12.4 Å². The van der Waals surface area contributed by atoms with E-state index in [0.29, 0.717) is 24.8 Å². The van der Waals surface area contributed by atoms with Crippen LogP contribution in [0.1, 0.15) is 39.5 Å². The smallest absolute Gasteiger partial charge is 0.306 e. The van der Waals surface area contributed by atoms with Crippen LogP contribution in [0.25, 0.3) is 10.8 Å². The second kappa shape index (κ2) is 11.7. The Morgan fingerprint density at radius 2 is 2.03 bits per heavy atom. The summed E-state index contributed by atoms with van der Waals surface area (Å²) in [5.74, 6) is -0.516. The first kappa shape index (κ1) is 23.8. The lowest BCUT2D eigenvalue weighted by molar-refractivity contribution is -0.141. The number of carboxylic acid groups (broad SMARTS) is 1. The molecule has 6 nitrogen and oxygen atoms in total. The maximum Gasteiger partial charge on any atom is 0.306 e. The molecule has 2 aromatic carbocycles. The Labute approximate surface area is 190 Å². The third-order valence-corrected chi connectivity index (χ3v) is 6.13. The van der Waals surface area contributed by atoms with Crippen molar-refractivity contribution >= 4 is 22.6 Å². The quantitative estimate of drug-likeness (QED) is 0.405. The number of unbranched alkanes of at least 4 members (excludes halogenated alkanes) is 1. The number of carbonyl (C=O) groups excluding carboxylic acids is 1. The molecule has 32 heavy (non-hydrogen) atoms. The standard InChI is InChI=1S/C26H34N2O4/c1-3-28-16-15-22(17-28)27-25(29)21(11-5-4-9-19(2)26(30)31)18-32-24-14-8-12-20-10-6-7-13-23(20)24/h6-8,10-14,19,22H,3-5,9,15-18H2,1-2H3,(H,27,29)(H,30,31). The van der Waals surface area contributed by atoms with E-state index >= 15 is 0 Å². The van der Waals surface area contributed by atoms with Gasteiger partial charge in [-0.25, -0.2) is 0 Å². The Bertz CT molecular complexity index is 950. The average Bonchev–Trinajstić information content (AvgIpc) is 3.25. The number of hydrogen-bond donors (Lipinski definition) is 2. The highest BCUT2D eigenvalue weighted by Crippen LogP contribution is 2.25. The lowest BCUT2D eigenvalue weighted by Crippen LogP contribution is -2.38. The van der Waals surface area contributed by atoms with E-state index in [9.17, 15) is 9.59 Å². The van der Waals surface area contributed by atoms with Crippen molar-refractivity contribution in [1.82, 2.24) is 10.2 Å². The molecule has 0 spiro atoms. The fraction of sp³-hybridized carbons (Fsp3) is 0.462. The second-order valence-electron chi connectivity index (χ2n) is 8.52. The van der Waals surface area contributed by atoms with Gasteiger partial charge in [-0.15, -0.1) is 0 Å². The van der Waals surface area contributed by atoms with E-state index in [1.54, 1.807) is 6.92 Å². The molecule has 2 atom stereocenters. The van der Waals surface area contributed by atoms with Crippen LogP contribution in [0.4, 0.5) is 0 Å². The zero-order valence-electron chi connectivity index (χ0n) is 19.0. The van der Waals surface area contributed by atoms with E-state index in [2.05, 4.69) is 17.1 Å². The maximum atomic E-state index is 13.0. The molecule has 2 N–H and O–H groups in total. The van der Waals surface area contributed by atoms with Crippen molar-refractivity contribution < 1.29 is 19.4 Å². The van der Waals surface area contributed by atoms with Gasteiger partial charge in [0.05, 0.1) is 11.5 Å². The number of nitrogens with zero attached hydrogens (tertiary/aromatic N) is 1. The number of likely N-dealkylation sites (tertiary alicyclic amines) is 1. The number of benzene rings is 2. The van der Waals surface area contributed by atoms with Gasteiger partial charge >= 0.3 is 5.97 Å². The summed E-state index contributed by atoms with van der Waals surface area (Å²) in [6.07, 6.45) is 4.80. The first-order chi connectivity index (χ1) is 15.5. The lowest BCUT2D eigenvalue weighted by Gasteiger charge is -2.17. The summed E-state index contributed by atoms with van der Waals surface area (Å²) < 4.78 is 6.09. The molecule has 2 aromatic rings. The Hall–Kier alpha value is -2.86. The van der Waals surface area contributed by atoms with Crippen LogP contribution in [0.15, 0.2) is 54.1 Å². The van der Waals surface area contributed by atoms with Gasteiger partial charge < -0.3 is 20.1 Å². The van der Waals surface area contributed by atoms with Crippen molar-refractivity contribution in [2.45, 2.75) is 45.6 Å². The number of hydrogen-bond acceptors (Lipinski definition) is 4. The van der Waals surface area contributed by atoms with Crippen molar-refractivity contribution in [3.05, 3.63) is 54.1 Å². The minimum atomic E-state index is -0.784. The Kier molecular flexibility index (Phi) is 8.68. The van der Waals surface area contributed by atoms with E-state index in [0.717, 1.165) is 42.6 Å². The summed E-state index contributed by atoms with van der Waals surface area (Å²) in [5, 5.41) is 14.3. The van der Waals surface area contributed by atoms with Gasteiger partial charge in [-0.05, 0) is 43.7 Å². The van der Waals surface area contributed by atoms with Crippen LogP contribution in [0.5, 0.6) is 5.75 Å². The summed E-state index contributed by atoms with van der Waals surface area (Å²) in [4.78, 5) is 26.4. The molecule has 1 fully saturated rings. The number of carboxylic acids is 1. The summed E-state index contributed by atoms with van der Waals surface area (Å²) in [6.45, 7) is 6.88. The maximum absolute atomic E-state index is 13.0. The molecular weight excluding hydrogens is 404 g/mol. The van der Waals surface area contributed by atoms with Gasteiger partial charge in [-0.1, -0.05) is 56.3 Å². The average molecular weight is 439 g/mol. The molecule has 1 heterocycles. The zero-order valence-corrected chi connectivity index (χ0v) is 19.0. The number of aliphatic carboxylic acids is 1. The van der Waals surface area contributed by atoms with Gasteiger partial charge in [0, 0.05) is 24.5 Å². The normalized spacial score (nSPS) is 17.9. The van der Waals surface area contributed by atoms with Crippen molar-refractivity contribution in [1.29, 1.82) is 0 Å². The molecule has 1 amide bonds. The highest BCUT2D eigenvalue weighted by molar-refractivity contribution is 5.94. The molecule has 0 radical (unpaired) electrons. The zero-order chi connectivity index (χ0) is 22.9. The van der Waals surface area contributed by atoms with Gasteiger partial charge in [0.25, 0.3) is 5.91 Å².